The molecule has 1 amide bonds. The molecule has 0 bridgehead atoms. The Morgan fingerprint density at radius 3 is 2.79 bits per heavy atom. The third-order valence-electron chi connectivity index (χ3n) is 6.49. The molecule has 1 fully saturated rings. The summed E-state index contributed by atoms with van der Waals surface area (Å²) in [4.78, 5) is 30.1. The highest BCUT2D eigenvalue weighted by Crippen LogP contribution is 2.38. The second-order valence-electron chi connectivity index (χ2n) is 9.26. The van der Waals surface area contributed by atoms with Gasteiger partial charge in [0.05, 0.1) is 46.4 Å². The number of hydrogen-bond donors (Lipinski definition) is 1. The molecule has 1 aliphatic rings. The van der Waals surface area contributed by atoms with E-state index in [0.29, 0.717) is 46.0 Å². The molecule has 2 atom stereocenters. The maximum atomic E-state index is 15.1. The number of carbonyl (C=O) groups excluding carboxylic acids is 1. The van der Waals surface area contributed by atoms with E-state index in [1.54, 1.807) is 37.7 Å². The van der Waals surface area contributed by atoms with E-state index in [1.807, 2.05) is 19.1 Å². The standard InChI is InChI=1S/C28H24FN5O4S/c1-15-9-17(26-20(10-15)33-25(36-2)14-31-26)27-34-19-11-18(29)23(12-24(19)39-27)37-21-6-3-7-22(21)38-28(35)32-16-5-4-8-30-13-16/h4-5,8-14,21-22H,3,6-7H2,1-2H3,(H,32,35)/t21-,22+/m0/s1. The molecule has 3 heterocycles. The molecule has 3 aromatic heterocycles. The number of thiazole rings is 1. The lowest BCUT2D eigenvalue weighted by atomic mass is 10.1. The van der Waals surface area contributed by atoms with Crippen molar-refractivity contribution in [3.8, 4) is 22.2 Å². The van der Waals surface area contributed by atoms with Crippen molar-refractivity contribution in [1.29, 1.82) is 0 Å². The van der Waals surface area contributed by atoms with Crippen molar-refractivity contribution < 1.29 is 23.4 Å². The van der Waals surface area contributed by atoms with Crippen LogP contribution in [-0.2, 0) is 4.74 Å². The number of aryl methyl sites for hydroxylation is 1. The molecule has 0 spiro atoms. The fourth-order valence-electron chi connectivity index (χ4n) is 4.69. The van der Waals surface area contributed by atoms with Gasteiger partial charge in [0, 0.05) is 23.9 Å². The topological polar surface area (TPSA) is 108 Å². The van der Waals surface area contributed by atoms with Crippen molar-refractivity contribution >= 4 is 44.4 Å². The molecule has 198 valence electrons. The minimum Gasteiger partial charge on any atom is -0.483 e. The minimum absolute atomic E-state index is 0.101. The van der Waals surface area contributed by atoms with Crippen LogP contribution in [0.15, 0.2) is 55.0 Å². The number of rotatable bonds is 6. The number of nitrogens with one attached hydrogen (secondary N) is 1. The summed E-state index contributed by atoms with van der Waals surface area (Å²) < 4.78 is 32.8. The Bertz CT molecular complexity index is 1680. The van der Waals surface area contributed by atoms with Crippen molar-refractivity contribution in [1.82, 2.24) is 19.9 Å². The number of pyridine rings is 1. The monoisotopic (exact) mass is 545 g/mol. The van der Waals surface area contributed by atoms with Crippen LogP contribution < -0.4 is 14.8 Å². The lowest BCUT2D eigenvalue weighted by Crippen LogP contribution is -2.32. The predicted molar refractivity (Wildman–Crippen MR) is 146 cm³/mol. The Kier molecular flexibility index (Phi) is 6.65. The molecule has 1 N–H and O–H groups in total. The predicted octanol–water partition coefficient (Wildman–Crippen LogP) is 6.31. The van der Waals surface area contributed by atoms with Crippen LogP contribution in [0.1, 0.15) is 24.8 Å². The van der Waals surface area contributed by atoms with Crippen molar-refractivity contribution in [2.75, 3.05) is 12.4 Å². The average Bonchev–Trinajstić information content (AvgIpc) is 3.54. The van der Waals surface area contributed by atoms with Crippen LogP contribution in [0.25, 0.3) is 31.8 Å². The molecular weight excluding hydrogens is 521 g/mol. The first-order valence-electron chi connectivity index (χ1n) is 12.4. The first-order chi connectivity index (χ1) is 19.0. The molecular formula is C28H24FN5O4S. The summed E-state index contributed by atoms with van der Waals surface area (Å²) in [5.41, 5.74) is 4.24. The Morgan fingerprint density at radius 1 is 1.10 bits per heavy atom. The molecule has 9 nitrogen and oxygen atoms in total. The maximum absolute atomic E-state index is 15.1. The third kappa shape index (κ3) is 5.17. The van der Waals surface area contributed by atoms with Gasteiger partial charge in [-0.2, -0.15) is 0 Å². The number of aromatic nitrogens is 4. The number of methoxy groups -OCH3 is 1. The number of hydrogen-bond acceptors (Lipinski definition) is 9. The molecule has 2 aromatic carbocycles. The average molecular weight is 546 g/mol. The number of halogens is 1. The van der Waals surface area contributed by atoms with E-state index in [9.17, 15) is 4.79 Å². The van der Waals surface area contributed by atoms with E-state index < -0.39 is 24.1 Å². The normalized spacial score (nSPS) is 16.9. The zero-order valence-electron chi connectivity index (χ0n) is 21.2. The van der Waals surface area contributed by atoms with Crippen molar-refractivity contribution in [2.24, 2.45) is 0 Å². The fourth-order valence-corrected chi connectivity index (χ4v) is 5.68. The summed E-state index contributed by atoms with van der Waals surface area (Å²) in [5.74, 6) is 0.00361. The summed E-state index contributed by atoms with van der Waals surface area (Å²) in [6.45, 7) is 1.97. The molecule has 0 unspecified atom stereocenters. The van der Waals surface area contributed by atoms with Gasteiger partial charge in [-0.1, -0.05) is 0 Å². The first kappa shape index (κ1) is 24.9. The number of nitrogens with zero attached hydrogens (tertiary/aromatic N) is 4. The maximum Gasteiger partial charge on any atom is 0.412 e. The largest absolute Gasteiger partial charge is 0.483 e. The van der Waals surface area contributed by atoms with Crippen LogP contribution in [0.3, 0.4) is 0 Å². The van der Waals surface area contributed by atoms with Gasteiger partial charge in [0.2, 0.25) is 5.88 Å². The molecule has 1 aliphatic carbocycles. The van der Waals surface area contributed by atoms with Crippen LogP contribution >= 0.6 is 11.3 Å². The lowest BCUT2D eigenvalue weighted by molar-refractivity contribution is 0.0401. The fraction of sp³-hybridized carbons (Fsp3) is 0.250. The molecule has 0 aliphatic heterocycles. The summed E-state index contributed by atoms with van der Waals surface area (Å²) in [6, 6.07) is 10.4. The summed E-state index contributed by atoms with van der Waals surface area (Å²) in [6.07, 6.45) is 5.23. The third-order valence-corrected chi connectivity index (χ3v) is 7.54. The first-order valence-corrected chi connectivity index (χ1v) is 13.2. The number of anilines is 1. The van der Waals surface area contributed by atoms with E-state index >= 15 is 4.39 Å². The van der Waals surface area contributed by atoms with Crippen LogP contribution in [0.5, 0.6) is 11.6 Å². The second-order valence-corrected chi connectivity index (χ2v) is 10.3. The number of amides is 1. The molecule has 11 heteroatoms. The number of benzene rings is 2. The highest BCUT2D eigenvalue weighted by atomic mass is 32.1. The van der Waals surface area contributed by atoms with Gasteiger partial charge in [0.15, 0.2) is 11.6 Å². The summed E-state index contributed by atoms with van der Waals surface area (Å²) >= 11 is 1.42. The Morgan fingerprint density at radius 2 is 1.97 bits per heavy atom. The zero-order chi connectivity index (χ0) is 26.9. The van der Waals surface area contributed by atoms with Crippen LogP contribution in [0.2, 0.25) is 0 Å². The molecule has 0 radical (unpaired) electrons. The number of ether oxygens (including phenoxy) is 3. The van der Waals surface area contributed by atoms with Gasteiger partial charge in [0.1, 0.15) is 17.2 Å². The van der Waals surface area contributed by atoms with Gasteiger partial charge in [-0.3, -0.25) is 10.3 Å². The highest BCUT2D eigenvalue weighted by molar-refractivity contribution is 7.21. The molecule has 6 rings (SSSR count). The van der Waals surface area contributed by atoms with E-state index in [4.69, 9.17) is 14.2 Å². The van der Waals surface area contributed by atoms with E-state index in [-0.39, 0.29) is 5.75 Å². The van der Waals surface area contributed by atoms with Gasteiger partial charge in [-0.05, 0) is 56.0 Å². The quantitative estimate of drug-likeness (QED) is 0.265. The highest BCUT2D eigenvalue weighted by Gasteiger charge is 2.33. The van der Waals surface area contributed by atoms with Crippen molar-refractivity contribution in [3.05, 3.63) is 66.4 Å². The van der Waals surface area contributed by atoms with E-state index in [0.717, 1.165) is 22.2 Å². The molecule has 39 heavy (non-hydrogen) atoms. The van der Waals surface area contributed by atoms with Crippen LogP contribution in [0.4, 0.5) is 14.9 Å². The van der Waals surface area contributed by atoms with Gasteiger partial charge in [0.25, 0.3) is 0 Å². The smallest absolute Gasteiger partial charge is 0.412 e. The Balaban J connectivity index is 1.24. The molecule has 0 saturated heterocycles. The Labute approximate surface area is 227 Å². The SMILES string of the molecule is COc1cnc2c(-c3nc4cc(F)c(O[C@H]5CCC[C@H]5OC(=O)Nc5cccnc5)cc4s3)cc(C)cc2n1. The second kappa shape index (κ2) is 10.4. The minimum atomic E-state index is -0.599. The van der Waals surface area contributed by atoms with Gasteiger partial charge in [-0.25, -0.2) is 24.1 Å². The number of fused-ring (bicyclic) bond motifs is 2. The van der Waals surface area contributed by atoms with Gasteiger partial charge in [-0.15, -0.1) is 11.3 Å². The number of carbonyl (C=O) groups is 1. The van der Waals surface area contributed by atoms with Crippen molar-refractivity contribution in [2.45, 2.75) is 38.4 Å². The summed E-state index contributed by atoms with van der Waals surface area (Å²) in [5, 5.41) is 3.35. The van der Waals surface area contributed by atoms with Crippen LogP contribution in [0, 0.1) is 12.7 Å². The molecule has 5 aromatic rings. The van der Waals surface area contributed by atoms with E-state index in [2.05, 4.69) is 25.3 Å². The van der Waals surface area contributed by atoms with E-state index in [1.165, 1.54) is 23.6 Å². The van der Waals surface area contributed by atoms with Gasteiger partial charge < -0.3 is 14.2 Å². The zero-order valence-corrected chi connectivity index (χ0v) is 22.0. The summed E-state index contributed by atoms with van der Waals surface area (Å²) in [7, 11) is 1.55. The van der Waals surface area contributed by atoms with Gasteiger partial charge >= 0.3 is 6.09 Å². The van der Waals surface area contributed by atoms with Crippen molar-refractivity contribution in [3.63, 3.8) is 0 Å². The van der Waals surface area contributed by atoms with Crippen LogP contribution in [-0.4, -0.2) is 45.3 Å². The lowest BCUT2D eigenvalue weighted by Gasteiger charge is -2.22. The Hall–Kier alpha value is -4.38. The molecule has 1 saturated carbocycles.